The van der Waals surface area contributed by atoms with Gasteiger partial charge in [-0.15, -0.1) is 0 Å². The van der Waals surface area contributed by atoms with Crippen molar-refractivity contribution in [3.63, 3.8) is 0 Å². The lowest BCUT2D eigenvalue weighted by molar-refractivity contribution is 0.0964. The molecule has 4 aromatic rings. The molecule has 3 heterocycles. The van der Waals surface area contributed by atoms with Crippen LogP contribution in [0.2, 0.25) is 0 Å². The first-order valence-electron chi connectivity index (χ1n) is 11.0. The van der Waals surface area contributed by atoms with Gasteiger partial charge in [-0.05, 0) is 55.7 Å². The Morgan fingerprint density at radius 2 is 1.75 bits per heavy atom. The number of nitrogens with one attached hydrogen (secondary N) is 2. The minimum atomic E-state index is -0.124. The highest BCUT2D eigenvalue weighted by molar-refractivity contribution is 6.07. The number of amides is 1. The molecule has 32 heavy (non-hydrogen) atoms. The number of nitrogens with zero attached hydrogens (tertiary/aromatic N) is 4. The molecule has 1 saturated heterocycles. The summed E-state index contributed by atoms with van der Waals surface area (Å²) < 4.78 is 1.92. The highest BCUT2D eigenvalue weighted by atomic mass is 16.1. The van der Waals surface area contributed by atoms with E-state index in [1.165, 1.54) is 24.9 Å². The van der Waals surface area contributed by atoms with Crippen LogP contribution >= 0.6 is 0 Å². The Morgan fingerprint density at radius 3 is 2.53 bits per heavy atom. The topological polar surface area (TPSA) is 75.1 Å². The maximum Gasteiger partial charge on any atom is 0.253 e. The van der Waals surface area contributed by atoms with Gasteiger partial charge in [0, 0.05) is 49.3 Å². The number of carbonyl (C=O) groups excluding carboxylic acids is 1. The van der Waals surface area contributed by atoms with Crippen LogP contribution in [-0.4, -0.2) is 40.6 Å². The Labute approximate surface area is 187 Å². The maximum atomic E-state index is 12.3. The summed E-state index contributed by atoms with van der Waals surface area (Å²) in [6.07, 6.45) is 7.39. The molecule has 5 rings (SSSR count). The first-order valence-corrected chi connectivity index (χ1v) is 11.0. The van der Waals surface area contributed by atoms with E-state index in [1.54, 1.807) is 13.2 Å². The number of piperidine rings is 1. The Bertz CT molecular complexity index is 1240. The predicted octanol–water partition coefficient (Wildman–Crippen LogP) is 4.51. The summed E-state index contributed by atoms with van der Waals surface area (Å²) in [7, 11) is 1.64. The van der Waals surface area contributed by atoms with Crippen molar-refractivity contribution < 1.29 is 4.79 Å². The fourth-order valence-electron chi connectivity index (χ4n) is 4.27. The molecule has 0 radical (unpaired) electrons. The van der Waals surface area contributed by atoms with Gasteiger partial charge in [-0.3, -0.25) is 4.79 Å². The first kappa shape index (κ1) is 20.1. The van der Waals surface area contributed by atoms with E-state index in [0.29, 0.717) is 17.3 Å². The number of anilines is 3. The lowest BCUT2D eigenvalue weighted by atomic mass is 10.1. The second-order valence-corrected chi connectivity index (χ2v) is 7.97. The molecule has 2 aromatic heterocycles. The van der Waals surface area contributed by atoms with Crippen molar-refractivity contribution in [1.29, 1.82) is 0 Å². The van der Waals surface area contributed by atoms with E-state index in [1.807, 2.05) is 41.1 Å². The molecule has 1 fully saturated rings. The fourth-order valence-corrected chi connectivity index (χ4v) is 4.27. The van der Waals surface area contributed by atoms with Crippen molar-refractivity contribution in [1.82, 2.24) is 19.9 Å². The summed E-state index contributed by atoms with van der Waals surface area (Å²) in [5.74, 6) is 1.08. The van der Waals surface area contributed by atoms with E-state index in [2.05, 4.69) is 44.8 Å². The number of aromatic nitrogens is 3. The van der Waals surface area contributed by atoms with E-state index < -0.39 is 0 Å². The van der Waals surface area contributed by atoms with Gasteiger partial charge in [-0.1, -0.05) is 18.2 Å². The highest BCUT2D eigenvalue weighted by Gasteiger charge is 2.16. The van der Waals surface area contributed by atoms with Crippen LogP contribution in [0.5, 0.6) is 0 Å². The molecule has 7 heteroatoms. The number of hydrogen-bond acceptors (Lipinski definition) is 5. The number of benzene rings is 2. The number of fused-ring (bicyclic) bond motifs is 1. The zero-order chi connectivity index (χ0) is 21.9. The summed E-state index contributed by atoms with van der Waals surface area (Å²) in [6, 6.07) is 18.1. The van der Waals surface area contributed by atoms with Gasteiger partial charge >= 0.3 is 0 Å². The molecule has 1 amide bonds. The molecule has 2 aromatic carbocycles. The van der Waals surface area contributed by atoms with E-state index in [0.717, 1.165) is 29.7 Å². The number of hydrogen-bond donors (Lipinski definition) is 2. The van der Waals surface area contributed by atoms with Gasteiger partial charge < -0.3 is 20.1 Å². The average Bonchev–Trinajstić information content (AvgIpc) is 3.25. The van der Waals surface area contributed by atoms with Gasteiger partial charge in [0.05, 0.1) is 11.1 Å². The van der Waals surface area contributed by atoms with Crippen LogP contribution in [0, 0.1) is 0 Å². The first-order chi connectivity index (χ1) is 15.7. The van der Waals surface area contributed by atoms with Gasteiger partial charge in [0.15, 0.2) is 0 Å². The van der Waals surface area contributed by atoms with E-state index in [9.17, 15) is 4.79 Å². The van der Waals surface area contributed by atoms with Crippen molar-refractivity contribution in [2.75, 3.05) is 30.4 Å². The zero-order valence-electron chi connectivity index (χ0n) is 18.1. The third kappa shape index (κ3) is 3.89. The van der Waals surface area contributed by atoms with Crippen LogP contribution in [0.3, 0.4) is 0 Å². The molecule has 0 atom stereocenters. The lowest BCUT2D eigenvalue weighted by Gasteiger charge is -2.28. The lowest BCUT2D eigenvalue weighted by Crippen LogP contribution is -2.29. The van der Waals surface area contributed by atoms with E-state index in [4.69, 9.17) is 4.98 Å². The molecule has 7 nitrogen and oxygen atoms in total. The van der Waals surface area contributed by atoms with Crippen molar-refractivity contribution in [3.05, 3.63) is 72.6 Å². The average molecular weight is 427 g/mol. The summed E-state index contributed by atoms with van der Waals surface area (Å²) in [5, 5.41) is 6.89. The fraction of sp³-hybridized carbons (Fsp3) is 0.240. The molecular weight excluding hydrogens is 400 g/mol. The summed E-state index contributed by atoms with van der Waals surface area (Å²) in [6.45, 7) is 2.25. The Morgan fingerprint density at radius 1 is 0.969 bits per heavy atom. The second kappa shape index (κ2) is 8.70. The predicted molar refractivity (Wildman–Crippen MR) is 128 cm³/mol. The number of carbonyl (C=O) groups is 1. The van der Waals surface area contributed by atoms with Crippen molar-refractivity contribution in [2.45, 2.75) is 19.3 Å². The van der Waals surface area contributed by atoms with Crippen LogP contribution in [0.15, 0.2) is 67.0 Å². The molecule has 0 aliphatic carbocycles. The van der Waals surface area contributed by atoms with Crippen LogP contribution in [0.4, 0.5) is 17.3 Å². The molecule has 0 bridgehead atoms. The maximum absolute atomic E-state index is 12.3. The quantitative estimate of drug-likeness (QED) is 0.491. The van der Waals surface area contributed by atoms with Crippen LogP contribution in [-0.2, 0) is 0 Å². The molecule has 1 aliphatic rings. The van der Waals surface area contributed by atoms with E-state index >= 15 is 0 Å². The SMILES string of the molecule is CNC(=O)c1cn(-c2ccnc(Nc3ccc(N4CCCCC4)cc3)n2)c2ccccc12. The highest BCUT2D eigenvalue weighted by Crippen LogP contribution is 2.26. The molecule has 0 spiro atoms. The minimum absolute atomic E-state index is 0.124. The van der Waals surface area contributed by atoms with Gasteiger partial charge in [0.2, 0.25) is 5.95 Å². The largest absolute Gasteiger partial charge is 0.372 e. The summed E-state index contributed by atoms with van der Waals surface area (Å²) in [5.41, 5.74) is 3.72. The zero-order valence-corrected chi connectivity index (χ0v) is 18.1. The standard InChI is InChI=1S/C25H26N6O/c1-26-24(32)21-17-31(22-8-4-3-7-20(21)22)23-13-14-27-25(29-23)28-18-9-11-19(12-10-18)30-15-5-2-6-16-30/h3-4,7-14,17H,2,5-6,15-16H2,1H3,(H,26,32)(H,27,28,29). The van der Waals surface area contributed by atoms with E-state index in [-0.39, 0.29) is 5.91 Å². The molecule has 1 aliphatic heterocycles. The third-order valence-electron chi connectivity index (χ3n) is 5.92. The summed E-state index contributed by atoms with van der Waals surface area (Å²) >= 11 is 0. The van der Waals surface area contributed by atoms with Crippen LogP contribution in [0.25, 0.3) is 16.7 Å². The molecule has 0 saturated carbocycles. The van der Waals surface area contributed by atoms with Gasteiger partial charge in [-0.2, -0.15) is 4.98 Å². The van der Waals surface area contributed by atoms with Crippen molar-refractivity contribution in [2.24, 2.45) is 0 Å². The van der Waals surface area contributed by atoms with Crippen molar-refractivity contribution in [3.8, 4) is 5.82 Å². The molecular formula is C25H26N6O. The number of para-hydroxylation sites is 1. The minimum Gasteiger partial charge on any atom is -0.372 e. The molecule has 0 unspecified atom stereocenters. The van der Waals surface area contributed by atoms with Gasteiger partial charge in [-0.25, -0.2) is 4.98 Å². The second-order valence-electron chi connectivity index (χ2n) is 7.97. The number of rotatable bonds is 5. The third-order valence-corrected chi connectivity index (χ3v) is 5.92. The van der Waals surface area contributed by atoms with Crippen LogP contribution < -0.4 is 15.5 Å². The Hall–Kier alpha value is -3.87. The van der Waals surface area contributed by atoms with Crippen LogP contribution in [0.1, 0.15) is 29.6 Å². The van der Waals surface area contributed by atoms with Gasteiger partial charge in [0.1, 0.15) is 5.82 Å². The Balaban J connectivity index is 1.41. The van der Waals surface area contributed by atoms with Crippen molar-refractivity contribution >= 4 is 34.1 Å². The molecule has 162 valence electrons. The summed E-state index contributed by atoms with van der Waals surface area (Å²) in [4.78, 5) is 23.9. The Kier molecular flexibility index (Phi) is 5.46. The molecule has 2 N–H and O–H groups in total. The van der Waals surface area contributed by atoms with Gasteiger partial charge in [0.25, 0.3) is 5.91 Å². The smallest absolute Gasteiger partial charge is 0.253 e. The normalized spacial score (nSPS) is 13.8. The monoisotopic (exact) mass is 426 g/mol.